The van der Waals surface area contributed by atoms with E-state index in [1.54, 1.807) is 12.1 Å². The fourth-order valence-corrected chi connectivity index (χ4v) is 3.71. The zero-order valence-corrected chi connectivity index (χ0v) is 12.5. The highest BCUT2D eigenvalue weighted by Crippen LogP contribution is 2.27. The van der Waals surface area contributed by atoms with Crippen molar-refractivity contribution in [3.8, 4) is 5.75 Å². The van der Waals surface area contributed by atoms with Crippen LogP contribution in [0.4, 0.5) is 0 Å². The number of sulfonamides is 1. The normalized spacial score (nSPS) is 23.1. The first-order valence-electron chi connectivity index (χ1n) is 6.55. The Morgan fingerprint density at radius 2 is 2.05 bits per heavy atom. The maximum Gasteiger partial charge on any atom is 0.325 e. The van der Waals surface area contributed by atoms with Crippen LogP contribution in [0.2, 0.25) is 0 Å². The number of carboxylic acid groups (broad SMARTS) is 1. The van der Waals surface area contributed by atoms with Gasteiger partial charge < -0.3 is 15.6 Å². The summed E-state index contributed by atoms with van der Waals surface area (Å²) in [6, 6.07) is 6.02. The molecule has 0 saturated carbocycles. The largest absolute Gasteiger partial charge is 0.494 e. The van der Waals surface area contributed by atoms with Gasteiger partial charge in [-0.2, -0.15) is 4.31 Å². The molecule has 1 aromatic carbocycles. The van der Waals surface area contributed by atoms with E-state index in [0.29, 0.717) is 12.4 Å². The summed E-state index contributed by atoms with van der Waals surface area (Å²) in [5, 5.41) is 9.06. The minimum absolute atomic E-state index is 0.0956. The molecule has 2 rings (SSSR count). The highest BCUT2D eigenvalue weighted by atomic mass is 32.2. The number of nitrogens with two attached hydrogens (primary N) is 1. The van der Waals surface area contributed by atoms with E-state index in [0.717, 1.165) is 4.31 Å². The van der Waals surface area contributed by atoms with Crippen molar-refractivity contribution in [2.24, 2.45) is 5.73 Å². The average molecular weight is 314 g/mol. The Morgan fingerprint density at radius 3 is 2.52 bits per heavy atom. The zero-order chi connectivity index (χ0) is 15.7. The average Bonchev–Trinajstić information content (AvgIpc) is 2.85. The molecule has 0 radical (unpaired) electrons. The molecule has 1 fully saturated rings. The van der Waals surface area contributed by atoms with Gasteiger partial charge in [-0.15, -0.1) is 0 Å². The van der Waals surface area contributed by atoms with Gasteiger partial charge in [0, 0.05) is 13.1 Å². The first-order valence-corrected chi connectivity index (χ1v) is 7.99. The van der Waals surface area contributed by atoms with Crippen molar-refractivity contribution < 1.29 is 23.1 Å². The van der Waals surface area contributed by atoms with Gasteiger partial charge in [0.1, 0.15) is 11.3 Å². The summed E-state index contributed by atoms with van der Waals surface area (Å²) in [4.78, 5) is 11.2. The van der Waals surface area contributed by atoms with Gasteiger partial charge in [0.25, 0.3) is 0 Å². The van der Waals surface area contributed by atoms with E-state index >= 15 is 0 Å². The Morgan fingerprint density at radius 1 is 1.43 bits per heavy atom. The fourth-order valence-electron chi connectivity index (χ4n) is 2.20. The molecule has 3 N–H and O–H groups in total. The van der Waals surface area contributed by atoms with Crippen LogP contribution in [0.3, 0.4) is 0 Å². The van der Waals surface area contributed by atoms with Crippen molar-refractivity contribution in [3.05, 3.63) is 24.3 Å². The first kappa shape index (κ1) is 15.7. The van der Waals surface area contributed by atoms with Gasteiger partial charge in [-0.1, -0.05) is 0 Å². The van der Waals surface area contributed by atoms with Crippen molar-refractivity contribution in [2.45, 2.75) is 23.8 Å². The van der Waals surface area contributed by atoms with Crippen LogP contribution in [-0.4, -0.2) is 49.0 Å². The molecule has 0 amide bonds. The molecule has 0 aromatic heterocycles. The number of hydrogen-bond donors (Lipinski definition) is 2. The number of nitrogens with zero attached hydrogens (tertiary/aromatic N) is 1. The first-order chi connectivity index (χ1) is 9.79. The highest BCUT2D eigenvalue weighted by Gasteiger charge is 2.45. The topological polar surface area (TPSA) is 110 Å². The predicted octanol–water partition coefficient (Wildman–Crippen LogP) is 0.262. The van der Waals surface area contributed by atoms with Crippen LogP contribution in [0.1, 0.15) is 13.3 Å². The summed E-state index contributed by atoms with van der Waals surface area (Å²) in [6.07, 6.45) is 0.0958. The fraction of sp³-hybridized carbons (Fsp3) is 0.462. The maximum absolute atomic E-state index is 12.5. The number of benzene rings is 1. The molecule has 1 atom stereocenters. The Labute approximate surface area is 123 Å². The molecule has 0 bridgehead atoms. The Kier molecular flexibility index (Phi) is 4.22. The quantitative estimate of drug-likeness (QED) is 0.807. The molecule has 0 spiro atoms. The second-order valence-corrected chi connectivity index (χ2v) is 6.89. The van der Waals surface area contributed by atoms with Gasteiger partial charge in [0.05, 0.1) is 11.5 Å². The summed E-state index contributed by atoms with van der Waals surface area (Å²) < 4.78 is 31.3. The van der Waals surface area contributed by atoms with Gasteiger partial charge in [-0.25, -0.2) is 8.42 Å². The van der Waals surface area contributed by atoms with E-state index in [4.69, 9.17) is 15.6 Å². The number of carbonyl (C=O) groups is 1. The van der Waals surface area contributed by atoms with Gasteiger partial charge in [-0.05, 0) is 37.6 Å². The number of ether oxygens (including phenoxy) is 1. The van der Waals surface area contributed by atoms with E-state index in [-0.39, 0.29) is 24.4 Å². The third-order valence-corrected chi connectivity index (χ3v) is 5.32. The monoisotopic (exact) mass is 314 g/mol. The maximum atomic E-state index is 12.5. The standard InChI is InChI=1S/C13H18N2O5S/c1-2-20-10-3-5-11(6-4-10)21(18,19)15-8-7-13(14,9-15)12(16)17/h3-6H,2,7-9,14H2,1H3,(H,16,17). The van der Waals surface area contributed by atoms with E-state index in [9.17, 15) is 13.2 Å². The Bertz CT molecular complexity index is 628. The van der Waals surface area contributed by atoms with Gasteiger partial charge in [0.2, 0.25) is 10.0 Å². The number of rotatable bonds is 5. The van der Waals surface area contributed by atoms with E-state index in [2.05, 4.69) is 0 Å². The molecule has 8 heteroatoms. The van der Waals surface area contributed by atoms with E-state index in [1.807, 2.05) is 6.92 Å². The van der Waals surface area contributed by atoms with Crippen LogP contribution in [0, 0.1) is 0 Å². The molecular weight excluding hydrogens is 296 g/mol. The van der Waals surface area contributed by atoms with Crippen LogP contribution in [0.25, 0.3) is 0 Å². The Balaban J connectivity index is 2.21. The lowest BCUT2D eigenvalue weighted by Gasteiger charge is -2.20. The van der Waals surface area contributed by atoms with Crippen LogP contribution < -0.4 is 10.5 Å². The molecular formula is C13H18N2O5S. The molecule has 116 valence electrons. The SMILES string of the molecule is CCOc1ccc(S(=O)(=O)N2CCC(N)(C(=O)O)C2)cc1. The molecule has 7 nitrogen and oxygen atoms in total. The predicted molar refractivity (Wildman–Crippen MR) is 75.5 cm³/mol. The van der Waals surface area contributed by atoms with Crippen molar-refractivity contribution in [3.63, 3.8) is 0 Å². The lowest BCUT2D eigenvalue weighted by molar-refractivity contribution is -0.142. The van der Waals surface area contributed by atoms with Crippen molar-refractivity contribution in [1.82, 2.24) is 4.31 Å². The minimum atomic E-state index is -3.74. The lowest BCUT2D eigenvalue weighted by Crippen LogP contribution is -2.50. The summed E-state index contributed by atoms with van der Waals surface area (Å²) in [6.45, 7) is 2.20. The smallest absolute Gasteiger partial charge is 0.325 e. The third-order valence-electron chi connectivity index (χ3n) is 3.46. The summed E-state index contributed by atoms with van der Waals surface area (Å²) in [5.41, 5.74) is 4.19. The van der Waals surface area contributed by atoms with E-state index in [1.165, 1.54) is 12.1 Å². The number of carboxylic acids is 1. The molecule has 1 aromatic rings. The summed E-state index contributed by atoms with van der Waals surface area (Å²) >= 11 is 0. The highest BCUT2D eigenvalue weighted by molar-refractivity contribution is 7.89. The number of aliphatic carboxylic acids is 1. The van der Waals surface area contributed by atoms with Crippen LogP contribution in [0.5, 0.6) is 5.75 Å². The molecule has 21 heavy (non-hydrogen) atoms. The minimum Gasteiger partial charge on any atom is -0.494 e. The van der Waals surface area contributed by atoms with Crippen molar-refractivity contribution in [2.75, 3.05) is 19.7 Å². The zero-order valence-electron chi connectivity index (χ0n) is 11.7. The molecule has 1 aliphatic heterocycles. The molecule has 1 unspecified atom stereocenters. The van der Waals surface area contributed by atoms with Gasteiger partial charge in [0.15, 0.2) is 0 Å². The second kappa shape index (κ2) is 5.63. The third kappa shape index (κ3) is 3.02. The molecule has 1 saturated heterocycles. The summed E-state index contributed by atoms with van der Waals surface area (Å²) in [7, 11) is -3.74. The van der Waals surface area contributed by atoms with Crippen LogP contribution in [-0.2, 0) is 14.8 Å². The lowest BCUT2D eigenvalue weighted by atomic mass is 10.0. The second-order valence-electron chi connectivity index (χ2n) is 4.95. The van der Waals surface area contributed by atoms with Gasteiger partial charge in [-0.3, -0.25) is 4.79 Å². The molecule has 1 heterocycles. The van der Waals surface area contributed by atoms with Crippen molar-refractivity contribution in [1.29, 1.82) is 0 Å². The van der Waals surface area contributed by atoms with Crippen molar-refractivity contribution >= 4 is 16.0 Å². The summed E-state index contributed by atoms with van der Waals surface area (Å²) in [5.74, 6) is -0.608. The molecule has 1 aliphatic rings. The van der Waals surface area contributed by atoms with Crippen LogP contribution >= 0.6 is 0 Å². The van der Waals surface area contributed by atoms with Gasteiger partial charge >= 0.3 is 5.97 Å². The van der Waals surface area contributed by atoms with E-state index < -0.39 is 21.5 Å². The number of hydrogen-bond acceptors (Lipinski definition) is 5. The Hall–Kier alpha value is -1.64. The molecule has 0 aliphatic carbocycles. The van der Waals surface area contributed by atoms with Crippen LogP contribution in [0.15, 0.2) is 29.2 Å².